The van der Waals surface area contributed by atoms with Gasteiger partial charge in [-0.1, -0.05) is 42.8 Å². The summed E-state index contributed by atoms with van der Waals surface area (Å²) < 4.78 is 65.4. The number of carbonyl (C=O) groups is 2. The van der Waals surface area contributed by atoms with Crippen molar-refractivity contribution in [1.82, 2.24) is 4.31 Å². The molecule has 3 aromatic carbocycles. The second-order valence-electron chi connectivity index (χ2n) is 9.66. The van der Waals surface area contributed by atoms with E-state index >= 15 is 4.39 Å². The Morgan fingerprint density at radius 3 is 2.15 bits per heavy atom. The molecule has 2 amide bonds. The molecule has 1 aliphatic carbocycles. The van der Waals surface area contributed by atoms with Gasteiger partial charge in [0.2, 0.25) is 15.9 Å². The second-order valence-corrected chi connectivity index (χ2v) is 14.2. The van der Waals surface area contributed by atoms with E-state index in [1.54, 1.807) is 24.3 Å². The van der Waals surface area contributed by atoms with Crippen LogP contribution in [0.2, 0.25) is 5.02 Å². The number of benzene rings is 3. The van der Waals surface area contributed by atoms with Crippen molar-refractivity contribution in [2.75, 3.05) is 17.3 Å². The molecule has 4 rings (SSSR count). The largest absolute Gasteiger partial charge is 0.323 e. The molecule has 0 heterocycles. The number of nitrogens with zero attached hydrogens (tertiary/aromatic N) is 1. The van der Waals surface area contributed by atoms with Gasteiger partial charge in [0, 0.05) is 10.6 Å². The van der Waals surface area contributed by atoms with Gasteiger partial charge >= 0.3 is 0 Å². The van der Waals surface area contributed by atoms with Crippen LogP contribution in [-0.2, 0) is 31.1 Å². The summed E-state index contributed by atoms with van der Waals surface area (Å²) in [5, 5.41) is 2.90. The molecule has 40 heavy (non-hydrogen) atoms. The lowest BCUT2D eigenvalue weighted by Gasteiger charge is -2.30. The maximum atomic E-state index is 15.0. The molecule has 12 heteroatoms. The number of anilines is 1. The first-order chi connectivity index (χ1) is 18.8. The summed E-state index contributed by atoms with van der Waals surface area (Å²) in [5.74, 6) is -2.47. The van der Waals surface area contributed by atoms with Crippen LogP contribution in [0.5, 0.6) is 0 Å². The van der Waals surface area contributed by atoms with Crippen molar-refractivity contribution in [3.63, 3.8) is 0 Å². The molecule has 0 aliphatic heterocycles. The van der Waals surface area contributed by atoms with Crippen LogP contribution in [0.3, 0.4) is 0 Å². The summed E-state index contributed by atoms with van der Waals surface area (Å²) in [6.45, 7) is 1.54. The lowest BCUT2D eigenvalue weighted by molar-refractivity contribution is -0.115. The molecule has 212 valence electrons. The zero-order valence-electron chi connectivity index (χ0n) is 21.8. The summed E-state index contributed by atoms with van der Waals surface area (Å²) in [6.07, 6.45) is 2.27. The molecule has 0 saturated heterocycles. The highest BCUT2D eigenvalue weighted by Gasteiger charge is 2.43. The molecule has 1 fully saturated rings. The summed E-state index contributed by atoms with van der Waals surface area (Å²) in [6, 6.07) is 15.0. The third-order valence-electron chi connectivity index (χ3n) is 6.61. The number of hydrogen-bond acceptors (Lipinski definition) is 6. The Labute approximate surface area is 238 Å². The number of nitrogens with one attached hydrogen (secondary N) is 1. The predicted octanol–water partition coefficient (Wildman–Crippen LogP) is 5.01. The van der Waals surface area contributed by atoms with Crippen LogP contribution in [0.25, 0.3) is 0 Å². The molecular weight excluding hydrogens is 579 g/mol. The third kappa shape index (κ3) is 6.89. The molecule has 0 bridgehead atoms. The number of sulfone groups is 1. The van der Waals surface area contributed by atoms with E-state index in [0.717, 1.165) is 29.5 Å². The summed E-state index contributed by atoms with van der Waals surface area (Å²) in [5.41, 5.74) is 0.759. The monoisotopic (exact) mass is 606 g/mol. The summed E-state index contributed by atoms with van der Waals surface area (Å²) in [7, 11) is -7.42. The Morgan fingerprint density at radius 2 is 1.62 bits per heavy atom. The summed E-state index contributed by atoms with van der Waals surface area (Å²) in [4.78, 5) is 26.1. The van der Waals surface area contributed by atoms with Crippen molar-refractivity contribution in [3.8, 4) is 0 Å². The number of rotatable bonds is 10. The van der Waals surface area contributed by atoms with E-state index in [-0.39, 0.29) is 34.2 Å². The predicted molar refractivity (Wildman–Crippen MR) is 151 cm³/mol. The minimum atomic E-state index is -4.04. The molecule has 1 atom stereocenters. The Bertz CT molecular complexity index is 1640. The zero-order valence-corrected chi connectivity index (χ0v) is 24.2. The highest BCUT2D eigenvalue weighted by atomic mass is 35.5. The normalized spacial score (nSPS) is 14.4. The van der Waals surface area contributed by atoms with Crippen LogP contribution < -0.4 is 5.32 Å². The van der Waals surface area contributed by atoms with E-state index in [9.17, 15) is 26.4 Å². The Kier molecular flexibility index (Phi) is 8.67. The zero-order chi connectivity index (χ0) is 29.2. The number of sulfonamides is 1. The van der Waals surface area contributed by atoms with Crippen molar-refractivity contribution < 1.29 is 30.8 Å². The third-order valence-corrected chi connectivity index (χ3v) is 9.72. The van der Waals surface area contributed by atoms with Crippen LogP contribution in [0.1, 0.15) is 47.3 Å². The van der Waals surface area contributed by atoms with Crippen molar-refractivity contribution in [2.45, 2.75) is 37.1 Å². The van der Waals surface area contributed by atoms with Gasteiger partial charge in [0.25, 0.3) is 5.91 Å². The highest BCUT2D eigenvalue weighted by molar-refractivity contribution is 7.91. The molecule has 1 saturated carbocycles. The molecule has 0 unspecified atom stereocenters. The fourth-order valence-corrected chi connectivity index (χ4v) is 6.52. The van der Waals surface area contributed by atoms with E-state index in [4.69, 9.17) is 11.6 Å². The van der Waals surface area contributed by atoms with Gasteiger partial charge in [-0.05, 0) is 72.4 Å². The average molecular weight is 607 g/mol. The van der Waals surface area contributed by atoms with E-state index in [0.29, 0.717) is 16.1 Å². The maximum absolute atomic E-state index is 15.0. The van der Waals surface area contributed by atoms with Gasteiger partial charge in [0.05, 0.1) is 35.1 Å². The van der Waals surface area contributed by atoms with Crippen LogP contribution in [-0.4, -0.2) is 45.0 Å². The minimum absolute atomic E-state index is 0.0467. The quantitative estimate of drug-likeness (QED) is 0.347. The van der Waals surface area contributed by atoms with Crippen LogP contribution in [0.15, 0.2) is 71.6 Å². The number of amides is 2. The Balaban J connectivity index is 1.52. The minimum Gasteiger partial charge on any atom is -0.323 e. The van der Waals surface area contributed by atoms with Gasteiger partial charge < -0.3 is 5.32 Å². The fourth-order valence-electron chi connectivity index (χ4n) is 4.39. The lowest BCUT2D eigenvalue weighted by Crippen LogP contribution is -2.40. The second kappa shape index (κ2) is 11.7. The molecule has 0 spiro atoms. The van der Waals surface area contributed by atoms with Crippen LogP contribution in [0.4, 0.5) is 10.1 Å². The Morgan fingerprint density at radius 1 is 1.00 bits per heavy atom. The fraction of sp³-hybridized carbons (Fsp3) is 0.286. The molecule has 1 N–H and O–H groups in total. The molecule has 0 aromatic heterocycles. The molecule has 8 nitrogen and oxygen atoms in total. The Hall–Kier alpha value is -3.28. The van der Waals surface area contributed by atoms with Gasteiger partial charge in [0.15, 0.2) is 9.84 Å². The first kappa shape index (κ1) is 29.7. The summed E-state index contributed by atoms with van der Waals surface area (Å²) >= 11 is 5.99. The number of hydrogen-bond donors (Lipinski definition) is 1. The van der Waals surface area contributed by atoms with Gasteiger partial charge in [-0.3, -0.25) is 9.59 Å². The molecule has 3 aromatic rings. The van der Waals surface area contributed by atoms with Gasteiger partial charge in [-0.15, -0.1) is 0 Å². The van der Waals surface area contributed by atoms with E-state index in [1.807, 2.05) is 0 Å². The standard InChI is InChI=1S/C28H28ClFN2O6S2/c1-3-40(37,38)23-13-4-18(5-14-23)16-26(33)31-25-15-10-21(17-24(25)30)28(34)32(39(2,35)36)27(19-6-7-19)20-8-11-22(29)12-9-20/h4-5,8-15,17,19,27H,3,6-7,16H2,1-2H3,(H,31,33)/t27-/m1/s1. The van der Waals surface area contributed by atoms with Crippen LogP contribution in [0, 0.1) is 11.7 Å². The van der Waals surface area contributed by atoms with Crippen molar-refractivity contribution in [2.24, 2.45) is 5.92 Å². The molecular formula is C28H28ClFN2O6S2. The number of carbonyl (C=O) groups excluding carboxylic acids is 2. The topological polar surface area (TPSA) is 118 Å². The SMILES string of the molecule is CCS(=O)(=O)c1ccc(CC(=O)Nc2ccc(C(=O)N([C@@H](c3ccc(Cl)cc3)C3CC3)S(C)(=O)=O)cc2F)cc1. The van der Waals surface area contributed by atoms with Gasteiger partial charge in [-0.2, -0.15) is 0 Å². The van der Waals surface area contributed by atoms with Crippen molar-refractivity contribution in [3.05, 3.63) is 94.3 Å². The van der Waals surface area contributed by atoms with E-state index < -0.39 is 43.5 Å². The maximum Gasteiger partial charge on any atom is 0.268 e. The van der Waals surface area contributed by atoms with Crippen molar-refractivity contribution >= 4 is 49.0 Å². The van der Waals surface area contributed by atoms with E-state index in [1.165, 1.54) is 43.3 Å². The van der Waals surface area contributed by atoms with Crippen LogP contribution >= 0.6 is 11.6 Å². The van der Waals surface area contributed by atoms with E-state index in [2.05, 4.69) is 5.32 Å². The highest BCUT2D eigenvalue weighted by Crippen LogP contribution is 2.46. The molecule has 1 aliphatic rings. The number of halogens is 2. The first-order valence-corrected chi connectivity index (χ1v) is 16.4. The van der Waals surface area contributed by atoms with Gasteiger partial charge in [0.1, 0.15) is 5.82 Å². The lowest BCUT2D eigenvalue weighted by atomic mass is 10.0. The van der Waals surface area contributed by atoms with Gasteiger partial charge in [-0.25, -0.2) is 25.5 Å². The first-order valence-electron chi connectivity index (χ1n) is 12.5. The average Bonchev–Trinajstić information content (AvgIpc) is 3.73. The molecule has 0 radical (unpaired) electrons. The van der Waals surface area contributed by atoms with Crippen molar-refractivity contribution in [1.29, 1.82) is 0 Å². The smallest absolute Gasteiger partial charge is 0.268 e.